The third-order valence-corrected chi connectivity index (χ3v) is 6.63. The number of nitrogens with one attached hydrogen (secondary N) is 2. The number of hydrogen-bond acceptors (Lipinski definition) is 5. The van der Waals surface area contributed by atoms with E-state index in [0.717, 1.165) is 44.9 Å². The zero-order chi connectivity index (χ0) is 24.6. The molecule has 178 valence electrons. The molecule has 8 heteroatoms. The van der Waals surface area contributed by atoms with Crippen molar-refractivity contribution in [2.45, 2.75) is 52.6 Å². The molecule has 8 nitrogen and oxygen atoms in total. The van der Waals surface area contributed by atoms with Gasteiger partial charge in [0.1, 0.15) is 6.33 Å². The highest BCUT2D eigenvalue weighted by molar-refractivity contribution is 5.81. The highest BCUT2D eigenvalue weighted by Crippen LogP contribution is 2.36. The minimum atomic E-state index is -0.218. The van der Waals surface area contributed by atoms with E-state index in [4.69, 9.17) is 5.10 Å². The fraction of sp³-hybridized carbons (Fsp3) is 0.385. The third-order valence-electron chi connectivity index (χ3n) is 6.63. The van der Waals surface area contributed by atoms with Crippen molar-refractivity contribution in [2.24, 2.45) is 0 Å². The molecular weight excluding hydrogens is 426 g/mol. The number of amides is 1. The van der Waals surface area contributed by atoms with Crippen LogP contribution in [0, 0.1) is 6.92 Å². The minimum Gasteiger partial charge on any atom is -0.338 e. The summed E-state index contributed by atoms with van der Waals surface area (Å²) in [6.07, 6.45) is 3.54. The molecule has 0 saturated heterocycles. The molecule has 0 bridgehead atoms. The molecule has 0 aliphatic rings. The quantitative estimate of drug-likeness (QED) is 0.429. The van der Waals surface area contributed by atoms with Gasteiger partial charge >= 0.3 is 0 Å². The molecule has 34 heavy (non-hydrogen) atoms. The summed E-state index contributed by atoms with van der Waals surface area (Å²) in [6.45, 7) is 10.3. The number of carbonyl (C=O) groups excluding carboxylic acids is 1. The molecule has 0 aliphatic heterocycles. The number of rotatable bonds is 7. The monoisotopic (exact) mass is 459 g/mol. The van der Waals surface area contributed by atoms with E-state index in [1.165, 1.54) is 0 Å². The van der Waals surface area contributed by atoms with E-state index in [1.54, 1.807) is 22.8 Å². The molecule has 0 fully saturated rings. The first-order valence-electron chi connectivity index (χ1n) is 11.7. The predicted octanol–water partition coefficient (Wildman–Crippen LogP) is 4.35. The largest absolute Gasteiger partial charge is 0.338 e. The first-order valence-corrected chi connectivity index (χ1v) is 11.7. The Morgan fingerprint density at radius 1 is 1.12 bits per heavy atom. The van der Waals surface area contributed by atoms with Gasteiger partial charge in [-0.2, -0.15) is 10.2 Å². The molecule has 0 spiro atoms. The third kappa shape index (κ3) is 4.21. The van der Waals surface area contributed by atoms with Crippen LogP contribution in [0.4, 0.5) is 0 Å². The van der Waals surface area contributed by atoms with Crippen LogP contribution in [0.15, 0.2) is 42.9 Å². The van der Waals surface area contributed by atoms with Gasteiger partial charge in [0, 0.05) is 24.4 Å². The number of likely N-dealkylation sites (N-methyl/N-ethyl adjacent to an activating group) is 2. The number of pyridine rings is 1. The standard InChI is InChI=1S/C26H33N7O/c1-15(2)22-23(30-31-24(22)21-12-16(3)25-28-14-29-33(25)13-21)20-10-8-19(9-11-20)18(5)32(7)26(34)17(4)27-6/h8-15,17-18,27H,1-7H3,(H,30,31)/t17-,18-/m0/s1. The molecule has 1 aromatic carbocycles. The van der Waals surface area contributed by atoms with Gasteiger partial charge in [0.25, 0.3) is 0 Å². The molecule has 4 aromatic rings. The van der Waals surface area contributed by atoms with E-state index in [0.29, 0.717) is 0 Å². The van der Waals surface area contributed by atoms with Crippen molar-refractivity contribution >= 4 is 11.6 Å². The topological polar surface area (TPSA) is 91.2 Å². The summed E-state index contributed by atoms with van der Waals surface area (Å²) in [7, 11) is 3.65. The Labute approximate surface area is 200 Å². The van der Waals surface area contributed by atoms with E-state index in [-0.39, 0.29) is 23.9 Å². The number of carbonyl (C=O) groups is 1. The van der Waals surface area contributed by atoms with Gasteiger partial charge < -0.3 is 10.2 Å². The number of aromatic amines is 1. The molecule has 2 N–H and O–H groups in total. The van der Waals surface area contributed by atoms with Crippen molar-refractivity contribution in [1.29, 1.82) is 0 Å². The van der Waals surface area contributed by atoms with E-state index in [1.807, 2.05) is 34.0 Å². The summed E-state index contributed by atoms with van der Waals surface area (Å²) in [5, 5.41) is 15.3. The van der Waals surface area contributed by atoms with Crippen molar-refractivity contribution in [1.82, 2.24) is 35.0 Å². The van der Waals surface area contributed by atoms with Crippen LogP contribution in [-0.2, 0) is 4.79 Å². The summed E-state index contributed by atoms with van der Waals surface area (Å²) in [5.41, 5.74) is 8.15. The Morgan fingerprint density at radius 2 is 1.82 bits per heavy atom. The molecule has 0 radical (unpaired) electrons. The number of hydrogen-bond donors (Lipinski definition) is 2. The van der Waals surface area contributed by atoms with Gasteiger partial charge in [-0.3, -0.25) is 9.89 Å². The molecule has 0 unspecified atom stereocenters. The number of aromatic nitrogens is 5. The van der Waals surface area contributed by atoms with Gasteiger partial charge in [0.05, 0.1) is 23.5 Å². The second-order valence-corrected chi connectivity index (χ2v) is 9.21. The van der Waals surface area contributed by atoms with Crippen LogP contribution in [0.1, 0.15) is 56.3 Å². The lowest BCUT2D eigenvalue weighted by Crippen LogP contribution is -2.42. The lowest BCUT2D eigenvalue weighted by Gasteiger charge is -2.28. The zero-order valence-corrected chi connectivity index (χ0v) is 20.9. The van der Waals surface area contributed by atoms with Crippen molar-refractivity contribution < 1.29 is 4.79 Å². The van der Waals surface area contributed by atoms with Crippen LogP contribution in [0.2, 0.25) is 0 Å². The van der Waals surface area contributed by atoms with Gasteiger partial charge in [0.15, 0.2) is 5.65 Å². The van der Waals surface area contributed by atoms with Gasteiger partial charge in [-0.05, 0) is 56.5 Å². The molecule has 0 aliphatic carbocycles. The van der Waals surface area contributed by atoms with Crippen LogP contribution in [0.5, 0.6) is 0 Å². The highest BCUT2D eigenvalue weighted by atomic mass is 16.2. The summed E-state index contributed by atoms with van der Waals surface area (Å²) < 4.78 is 1.80. The molecule has 2 atom stereocenters. The smallest absolute Gasteiger partial charge is 0.239 e. The van der Waals surface area contributed by atoms with E-state index >= 15 is 0 Å². The summed E-state index contributed by atoms with van der Waals surface area (Å²) in [5.74, 6) is 0.333. The van der Waals surface area contributed by atoms with Gasteiger partial charge in [-0.15, -0.1) is 0 Å². The summed E-state index contributed by atoms with van der Waals surface area (Å²) >= 11 is 0. The van der Waals surface area contributed by atoms with Crippen LogP contribution in [-0.4, -0.2) is 55.7 Å². The van der Waals surface area contributed by atoms with Crippen molar-refractivity contribution in [3.8, 4) is 22.5 Å². The zero-order valence-electron chi connectivity index (χ0n) is 20.9. The average molecular weight is 460 g/mol. The molecule has 3 heterocycles. The Balaban J connectivity index is 1.67. The number of nitrogens with zero attached hydrogens (tertiary/aromatic N) is 5. The minimum absolute atomic E-state index is 0.0309. The Hall–Kier alpha value is -3.52. The maximum absolute atomic E-state index is 12.6. The highest BCUT2D eigenvalue weighted by Gasteiger charge is 2.23. The fourth-order valence-electron chi connectivity index (χ4n) is 4.35. The van der Waals surface area contributed by atoms with Crippen LogP contribution >= 0.6 is 0 Å². The van der Waals surface area contributed by atoms with Crippen molar-refractivity contribution in [3.05, 3.63) is 59.5 Å². The first kappa shape index (κ1) is 23.6. The number of aryl methyl sites for hydroxylation is 1. The van der Waals surface area contributed by atoms with Gasteiger partial charge in [-0.25, -0.2) is 9.50 Å². The summed E-state index contributed by atoms with van der Waals surface area (Å²) in [6, 6.07) is 10.2. The van der Waals surface area contributed by atoms with Crippen molar-refractivity contribution in [3.63, 3.8) is 0 Å². The lowest BCUT2D eigenvalue weighted by molar-refractivity contribution is -0.133. The van der Waals surface area contributed by atoms with Gasteiger partial charge in [0.2, 0.25) is 5.91 Å². The predicted molar refractivity (Wildman–Crippen MR) is 135 cm³/mol. The average Bonchev–Trinajstić information content (AvgIpc) is 3.50. The normalized spacial score (nSPS) is 13.4. The second kappa shape index (κ2) is 9.38. The number of H-pyrrole nitrogens is 1. The van der Waals surface area contributed by atoms with Gasteiger partial charge in [-0.1, -0.05) is 38.1 Å². The Morgan fingerprint density at radius 3 is 2.47 bits per heavy atom. The maximum Gasteiger partial charge on any atom is 0.239 e. The number of fused-ring (bicyclic) bond motifs is 1. The molecule has 1 amide bonds. The second-order valence-electron chi connectivity index (χ2n) is 9.21. The molecule has 0 saturated carbocycles. The lowest BCUT2D eigenvalue weighted by atomic mass is 9.93. The molecular formula is C26H33N7O. The molecule has 3 aromatic heterocycles. The SMILES string of the molecule is CN[C@@H](C)C(=O)N(C)[C@@H](C)c1ccc(-c2[nH]nc(-c3cc(C)c4ncnn4c3)c2C(C)C)cc1. The first-order chi connectivity index (χ1) is 16.2. The molecule has 4 rings (SSSR count). The fourth-order valence-corrected chi connectivity index (χ4v) is 4.35. The van der Waals surface area contributed by atoms with Crippen LogP contribution < -0.4 is 5.32 Å². The number of benzene rings is 1. The van der Waals surface area contributed by atoms with E-state index in [2.05, 4.69) is 64.7 Å². The van der Waals surface area contributed by atoms with E-state index < -0.39 is 0 Å². The summed E-state index contributed by atoms with van der Waals surface area (Å²) in [4.78, 5) is 18.7. The maximum atomic E-state index is 12.6. The van der Waals surface area contributed by atoms with Crippen LogP contribution in [0.25, 0.3) is 28.2 Å². The van der Waals surface area contributed by atoms with Crippen molar-refractivity contribution in [2.75, 3.05) is 14.1 Å². The Kier molecular flexibility index (Phi) is 6.52. The van der Waals surface area contributed by atoms with Crippen LogP contribution in [0.3, 0.4) is 0 Å². The Bertz CT molecular complexity index is 1300. The van der Waals surface area contributed by atoms with E-state index in [9.17, 15) is 4.79 Å².